The van der Waals surface area contributed by atoms with Crippen LogP contribution in [-0.4, -0.2) is 21.8 Å². The molecule has 0 saturated carbocycles. The van der Waals surface area contributed by atoms with Crippen LogP contribution >= 0.6 is 0 Å². The highest BCUT2D eigenvalue weighted by Crippen LogP contribution is 2.28. The quantitative estimate of drug-likeness (QED) is 0.273. The molecule has 0 bridgehead atoms. The fourth-order valence-corrected chi connectivity index (χ4v) is 3.60. The van der Waals surface area contributed by atoms with Gasteiger partial charge in [-0.2, -0.15) is 0 Å². The summed E-state index contributed by atoms with van der Waals surface area (Å²) in [5, 5.41) is 19.3. The van der Waals surface area contributed by atoms with Gasteiger partial charge < -0.3 is 10.2 Å². The first-order valence-corrected chi connectivity index (χ1v) is 12.0. The van der Waals surface area contributed by atoms with Crippen molar-refractivity contribution in [3.8, 4) is 0 Å². The van der Waals surface area contributed by atoms with Gasteiger partial charge in [-0.05, 0) is 31.4 Å². The third-order valence-electron chi connectivity index (χ3n) is 5.51. The Bertz CT molecular complexity index is 453. The van der Waals surface area contributed by atoms with Crippen LogP contribution in [0.5, 0.6) is 0 Å². The van der Waals surface area contributed by atoms with E-state index in [2.05, 4.69) is 20.8 Å². The molecule has 0 aliphatic carbocycles. The molecule has 0 unspecified atom stereocenters. The van der Waals surface area contributed by atoms with Gasteiger partial charge in [0, 0.05) is 0 Å². The van der Waals surface area contributed by atoms with Gasteiger partial charge >= 0.3 is 5.97 Å². The smallest absolute Gasteiger partial charge is 0.335 e. The van der Waals surface area contributed by atoms with Gasteiger partial charge in [-0.1, -0.05) is 116 Å². The maximum Gasteiger partial charge on any atom is 0.335 e. The Balaban J connectivity index is 0.000000717. The highest BCUT2D eigenvalue weighted by atomic mass is 16.4. The summed E-state index contributed by atoms with van der Waals surface area (Å²) < 4.78 is 0. The number of carboxylic acid groups (broad SMARTS) is 1. The van der Waals surface area contributed by atoms with Crippen LogP contribution in [0.4, 0.5) is 0 Å². The number of hydrogen-bond donors (Lipinski definition) is 2. The van der Waals surface area contributed by atoms with Crippen LogP contribution in [0.3, 0.4) is 0 Å². The Morgan fingerprint density at radius 3 is 1.34 bits per heavy atom. The zero-order valence-electron chi connectivity index (χ0n) is 19.3. The van der Waals surface area contributed by atoms with Crippen LogP contribution in [0, 0.1) is 0 Å². The second-order valence-electron chi connectivity index (χ2n) is 8.33. The highest BCUT2D eigenvalue weighted by Gasteiger charge is 2.24. The highest BCUT2D eigenvalue weighted by molar-refractivity contribution is 5.87. The number of rotatable bonds is 16. The van der Waals surface area contributed by atoms with Crippen LogP contribution in [0.2, 0.25) is 0 Å². The molecule has 1 aromatic rings. The molecule has 0 saturated heterocycles. The molecule has 0 aliphatic heterocycles. The Morgan fingerprint density at radius 1 is 0.690 bits per heavy atom. The van der Waals surface area contributed by atoms with Gasteiger partial charge in [-0.15, -0.1) is 0 Å². The van der Waals surface area contributed by atoms with Gasteiger partial charge in [-0.25, -0.2) is 4.79 Å². The predicted octanol–water partition coefficient (Wildman–Crippen LogP) is 8.01. The summed E-state index contributed by atoms with van der Waals surface area (Å²) in [5.74, 6) is -0.879. The number of unbranched alkanes of at least 4 members (excludes halogenated alkanes) is 9. The van der Waals surface area contributed by atoms with Crippen LogP contribution < -0.4 is 0 Å². The second kappa shape index (κ2) is 18.7. The average Bonchev–Trinajstić information content (AvgIpc) is 2.73. The van der Waals surface area contributed by atoms with Crippen LogP contribution in [0.1, 0.15) is 127 Å². The van der Waals surface area contributed by atoms with Gasteiger partial charge in [0.2, 0.25) is 0 Å². The molecule has 0 amide bonds. The SMILES string of the molecule is CCCCCCC(O)(CCCCCC)CCCCCC.O=C(O)c1ccccc1. The van der Waals surface area contributed by atoms with Gasteiger partial charge in [0.15, 0.2) is 0 Å². The molecular formula is C26H46O3. The second-order valence-corrected chi connectivity index (χ2v) is 8.33. The summed E-state index contributed by atoms with van der Waals surface area (Å²) in [6.07, 6.45) is 18.4. The number of hydrogen-bond acceptors (Lipinski definition) is 2. The Morgan fingerprint density at radius 2 is 1.07 bits per heavy atom. The lowest BCUT2D eigenvalue weighted by Gasteiger charge is -2.28. The first-order valence-electron chi connectivity index (χ1n) is 12.0. The van der Waals surface area contributed by atoms with Crippen LogP contribution in [0.25, 0.3) is 0 Å². The van der Waals surface area contributed by atoms with Gasteiger partial charge in [0.05, 0.1) is 11.2 Å². The molecule has 1 rings (SSSR count). The number of carboxylic acids is 1. The van der Waals surface area contributed by atoms with E-state index in [-0.39, 0.29) is 5.60 Å². The minimum atomic E-state index is -0.879. The summed E-state index contributed by atoms with van der Waals surface area (Å²) in [4.78, 5) is 10.2. The minimum Gasteiger partial charge on any atom is -0.478 e. The zero-order valence-corrected chi connectivity index (χ0v) is 19.3. The summed E-state index contributed by atoms with van der Waals surface area (Å²) in [6.45, 7) is 6.76. The van der Waals surface area contributed by atoms with Gasteiger partial charge in [-0.3, -0.25) is 0 Å². The van der Waals surface area contributed by atoms with Crippen LogP contribution in [-0.2, 0) is 0 Å². The summed E-state index contributed by atoms with van der Waals surface area (Å²) >= 11 is 0. The molecule has 0 fully saturated rings. The van der Waals surface area contributed by atoms with E-state index in [0.29, 0.717) is 5.56 Å². The number of benzene rings is 1. The lowest BCUT2D eigenvalue weighted by atomic mass is 9.85. The molecule has 3 heteroatoms. The van der Waals surface area contributed by atoms with E-state index in [1.807, 2.05) is 0 Å². The van der Waals surface area contributed by atoms with Crippen molar-refractivity contribution in [3.05, 3.63) is 35.9 Å². The van der Waals surface area contributed by atoms with Crippen molar-refractivity contribution in [3.63, 3.8) is 0 Å². The van der Waals surface area contributed by atoms with Crippen molar-refractivity contribution in [2.75, 3.05) is 0 Å². The van der Waals surface area contributed by atoms with Crippen molar-refractivity contribution < 1.29 is 15.0 Å². The van der Waals surface area contributed by atoms with E-state index in [1.54, 1.807) is 30.3 Å². The molecule has 3 nitrogen and oxygen atoms in total. The molecule has 0 aliphatic rings. The molecule has 29 heavy (non-hydrogen) atoms. The van der Waals surface area contributed by atoms with Crippen molar-refractivity contribution >= 4 is 5.97 Å². The fourth-order valence-electron chi connectivity index (χ4n) is 3.60. The van der Waals surface area contributed by atoms with E-state index >= 15 is 0 Å². The summed E-state index contributed by atoms with van der Waals surface area (Å²) in [7, 11) is 0. The van der Waals surface area contributed by atoms with E-state index in [4.69, 9.17) is 5.11 Å². The Hall–Kier alpha value is -1.35. The molecule has 1 aromatic carbocycles. The van der Waals surface area contributed by atoms with E-state index in [0.717, 1.165) is 19.3 Å². The van der Waals surface area contributed by atoms with E-state index in [9.17, 15) is 9.90 Å². The minimum absolute atomic E-state index is 0.331. The Labute approximate surface area is 179 Å². The summed E-state index contributed by atoms with van der Waals surface area (Å²) in [5.41, 5.74) is -0.0209. The van der Waals surface area contributed by atoms with E-state index in [1.165, 1.54) is 77.0 Å². The molecule has 0 heterocycles. The predicted molar refractivity (Wildman–Crippen MR) is 125 cm³/mol. The standard InChI is InChI=1S/C19H40O.C7H6O2/c1-4-7-10-13-16-19(20,17-14-11-8-5-2)18-15-12-9-6-3;8-7(9)6-4-2-1-3-5-6/h20H,4-18H2,1-3H3;1-5H,(H,8,9). The van der Waals surface area contributed by atoms with Crippen molar-refractivity contribution in [1.82, 2.24) is 0 Å². The monoisotopic (exact) mass is 406 g/mol. The number of aromatic carboxylic acids is 1. The molecule has 0 aromatic heterocycles. The largest absolute Gasteiger partial charge is 0.478 e. The van der Waals surface area contributed by atoms with Gasteiger partial charge in [0.1, 0.15) is 0 Å². The van der Waals surface area contributed by atoms with E-state index < -0.39 is 5.97 Å². The Kier molecular flexibility index (Phi) is 17.8. The maximum absolute atomic E-state index is 10.9. The third kappa shape index (κ3) is 16.2. The molecule has 168 valence electrons. The molecule has 0 atom stereocenters. The van der Waals surface area contributed by atoms with Crippen molar-refractivity contribution in [1.29, 1.82) is 0 Å². The first-order chi connectivity index (χ1) is 14.0. The van der Waals surface area contributed by atoms with Crippen molar-refractivity contribution in [2.24, 2.45) is 0 Å². The molecule has 0 radical (unpaired) electrons. The third-order valence-corrected chi connectivity index (χ3v) is 5.51. The fraction of sp³-hybridized carbons (Fsp3) is 0.731. The normalized spacial score (nSPS) is 11.0. The lowest BCUT2D eigenvalue weighted by Crippen LogP contribution is -2.28. The number of carbonyl (C=O) groups is 1. The first kappa shape index (κ1) is 27.6. The van der Waals surface area contributed by atoms with Gasteiger partial charge in [0.25, 0.3) is 0 Å². The number of aliphatic hydroxyl groups is 1. The topological polar surface area (TPSA) is 57.5 Å². The summed E-state index contributed by atoms with van der Waals surface area (Å²) in [6, 6.07) is 8.30. The van der Waals surface area contributed by atoms with Crippen LogP contribution in [0.15, 0.2) is 30.3 Å². The zero-order chi connectivity index (χ0) is 21.8. The maximum atomic E-state index is 10.9. The molecular weight excluding hydrogens is 360 g/mol. The lowest BCUT2D eigenvalue weighted by molar-refractivity contribution is 0.00711. The molecule has 0 spiro atoms. The van der Waals surface area contributed by atoms with Crippen molar-refractivity contribution in [2.45, 2.75) is 123 Å². The molecule has 2 N–H and O–H groups in total. The average molecular weight is 407 g/mol.